The van der Waals surface area contributed by atoms with Crippen LogP contribution in [0.2, 0.25) is 0 Å². The van der Waals surface area contributed by atoms with Gasteiger partial charge in [-0.25, -0.2) is 9.07 Å². The third-order valence-corrected chi connectivity index (χ3v) is 6.90. The molecule has 0 saturated carbocycles. The summed E-state index contributed by atoms with van der Waals surface area (Å²) in [6.07, 6.45) is 0.673. The Hall–Kier alpha value is -3.59. The first kappa shape index (κ1) is 24.5. The number of nitrogens with one attached hydrogen (secondary N) is 1. The van der Waals surface area contributed by atoms with Crippen molar-refractivity contribution in [3.63, 3.8) is 0 Å². The molecule has 0 unspecified atom stereocenters. The van der Waals surface area contributed by atoms with Crippen molar-refractivity contribution in [2.75, 3.05) is 0 Å². The van der Waals surface area contributed by atoms with Gasteiger partial charge in [-0.3, -0.25) is 9.59 Å². The number of fused-ring (bicyclic) bond motifs is 1. The number of carbonyl (C=O) groups is 2. The number of nitrogens with zero attached hydrogens (tertiary/aromatic N) is 4. The molecular weight excluding hydrogens is 465 g/mol. The van der Waals surface area contributed by atoms with Gasteiger partial charge in [0.1, 0.15) is 23.9 Å². The highest BCUT2D eigenvalue weighted by Gasteiger charge is 2.36. The van der Waals surface area contributed by atoms with Crippen molar-refractivity contribution in [2.24, 2.45) is 0 Å². The average Bonchev–Trinajstić information content (AvgIpc) is 3.50. The molecule has 1 atom stereocenters. The smallest absolute Gasteiger partial charge is 0.247 e. The maximum absolute atomic E-state index is 15.1. The quantitative estimate of drug-likeness (QED) is 0.366. The number of thiophene rings is 1. The van der Waals surface area contributed by atoms with Crippen molar-refractivity contribution >= 4 is 34.2 Å². The largest absolute Gasteiger partial charge is 0.349 e. The van der Waals surface area contributed by atoms with Gasteiger partial charge in [0.15, 0.2) is 0 Å². The van der Waals surface area contributed by atoms with Crippen LogP contribution in [0.3, 0.4) is 0 Å². The fraction of sp³-hybridized carbons (Fsp3) is 0.308. The fourth-order valence-electron chi connectivity index (χ4n) is 3.78. The molecular formula is C26H28FN5O2S. The molecule has 0 aliphatic heterocycles. The Kier molecular flexibility index (Phi) is 7.25. The zero-order valence-corrected chi connectivity index (χ0v) is 20.8. The minimum absolute atomic E-state index is 0.138. The zero-order valence-electron chi connectivity index (χ0n) is 19.9. The highest BCUT2D eigenvalue weighted by molar-refractivity contribution is 7.09. The number of hydrogen-bond acceptors (Lipinski definition) is 5. The van der Waals surface area contributed by atoms with Crippen LogP contribution >= 0.6 is 11.3 Å². The maximum Gasteiger partial charge on any atom is 0.247 e. The molecule has 0 fully saturated rings. The SMILES string of the molecule is CCC(C)(C)NC(=O)[C@@H](c1ccccc1F)N(Cc1cccs1)C(=O)Cn1nnc2ccccc21. The van der Waals surface area contributed by atoms with E-state index in [-0.39, 0.29) is 24.6 Å². The summed E-state index contributed by atoms with van der Waals surface area (Å²) in [5, 5.41) is 13.2. The molecule has 2 aromatic carbocycles. The highest BCUT2D eigenvalue weighted by Crippen LogP contribution is 2.28. The predicted octanol–water partition coefficient (Wildman–Crippen LogP) is 4.71. The topological polar surface area (TPSA) is 80.1 Å². The zero-order chi connectivity index (χ0) is 25.0. The molecule has 0 radical (unpaired) electrons. The fourth-order valence-corrected chi connectivity index (χ4v) is 4.49. The second-order valence-corrected chi connectivity index (χ2v) is 10.0. The van der Waals surface area contributed by atoms with E-state index >= 15 is 4.39 Å². The normalized spacial score (nSPS) is 12.5. The number of amides is 2. The van der Waals surface area contributed by atoms with Crippen LogP contribution in [-0.4, -0.2) is 37.2 Å². The molecule has 35 heavy (non-hydrogen) atoms. The van der Waals surface area contributed by atoms with Gasteiger partial charge >= 0.3 is 0 Å². The van der Waals surface area contributed by atoms with Crippen LogP contribution in [0.4, 0.5) is 4.39 Å². The summed E-state index contributed by atoms with van der Waals surface area (Å²) in [4.78, 5) is 29.8. The summed E-state index contributed by atoms with van der Waals surface area (Å²) in [6.45, 7) is 5.78. The van der Waals surface area contributed by atoms with E-state index in [1.165, 1.54) is 27.0 Å². The van der Waals surface area contributed by atoms with Crippen LogP contribution in [0.25, 0.3) is 11.0 Å². The van der Waals surface area contributed by atoms with Crippen LogP contribution in [0.1, 0.15) is 43.7 Å². The van der Waals surface area contributed by atoms with Gasteiger partial charge in [0.05, 0.1) is 12.1 Å². The Bertz CT molecular complexity index is 1320. The van der Waals surface area contributed by atoms with E-state index in [2.05, 4.69) is 15.6 Å². The van der Waals surface area contributed by atoms with Crippen molar-refractivity contribution in [1.29, 1.82) is 0 Å². The average molecular weight is 494 g/mol. The van der Waals surface area contributed by atoms with Gasteiger partial charge < -0.3 is 10.2 Å². The van der Waals surface area contributed by atoms with E-state index < -0.39 is 23.3 Å². The second kappa shape index (κ2) is 10.4. The van der Waals surface area contributed by atoms with E-state index in [1.54, 1.807) is 18.2 Å². The molecule has 2 aromatic heterocycles. The van der Waals surface area contributed by atoms with E-state index in [1.807, 2.05) is 62.5 Å². The molecule has 1 N–H and O–H groups in total. The van der Waals surface area contributed by atoms with E-state index in [0.29, 0.717) is 17.5 Å². The third-order valence-electron chi connectivity index (χ3n) is 6.04. The highest BCUT2D eigenvalue weighted by atomic mass is 32.1. The van der Waals surface area contributed by atoms with Crippen molar-refractivity contribution < 1.29 is 14.0 Å². The van der Waals surface area contributed by atoms with Gasteiger partial charge in [-0.1, -0.05) is 48.5 Å². The molecule has 2 amide bonds. The summed E-state index contributed by atoms with van der Waals surface area (Å²) in [7, 11) is 0. The number of halogens is 1. The van der Waals surface area contributed by atoms with Gasteiger partial charge in [-0.05, 0) is 49.9 Å². The monoisotopic (exact) mass is 493 g/mol. The maximum atomic E-state index is 15.1. The Morgan fingerprint density at radius 2 is 1.86 bits per heavy atom. The van der Waals surface area contributed by atoms with Crippen LogP contribution in [0.5, 0.6) is 0 Å². The standard InChI is InChI=1S/C26H28FN5O2S/c1-4-26(2,3)28-25(34)24(19-11-5-6-12-20(19)27)31(16-18-10-9-15-35-18)23(33)17-32-22-14-8-7-13-21(22)29-30-32/h5-15,24H,4,16-17H2,1-3H3,(H,28,34)/t24-/m1/s1. The summed E-state index contributed by atoms with van der Waals surface area (Å²) >= 11 is 1.47. The Morgan fingerprint density at radius 1 is 1.11 bits per heavy atom. The molecule has 7 nitrogen and oxygen atoms in total. The first-order chi connectivity index (χ1) is 16.8. The molecule has 0 aliphatic rings. The number of rotatable bonds is 9. The summed E-state index contributed by atoms with van der Waals surface area (Å²) in [6, 6.07) is 16.0. The van der Waals surface area contributed by atoms with Crippen molar-refractivity contribution in [3.05, 3.63) is 82.3 Å². The molecule has 182 valence electrons. The lowest BCUT2D eigenvalue weighted by Crippen LogP contribution is -2.50. The van der Waals surface area contributed by atoms with Crippen molar-refractivity contribution in [3.8, 4) is 0 Å². The van der Waals surface area contributed by atoms with Crippen LogP contribution in [0, 0.1) is 5.82 Å². The lowest BCUT2D eigenvalue weighted by molar-refractivity contribution is -0.143. The van der Waals surface area contributed by atoms with E-state index in [4.69, 9.17) is 0 Å². The van der Waals surface area contributed by atoms with E-state index in [0.717, 1.165) is 4.88 Å². The van der Waals surface area contributed by atoms with Crippen LogP contribution < -0.4 is 5.32 Å². The van der Waals surface area contributed by atoms with Gasteiger partial charge in [0.2, 0.25) is 11.8 Å². The number of para-hydroxylation sites is 1. The van der Waals surface area contributed by atoms with Gasteiger partial charge in [0, 0.05) is 16.0 Å². The molecule has 9 heteroatoms. The minimum atomic E-state index is -1.16. The third kappa shape index (κ3) is 5.57. The summed E-state index contributed by atoms with van der Waals surface area (Å²) in [5.74, 6) is -1.35. The summed E-state index contributed by atoms with van der Waals surface area (Å²) < 4.78 is 16.6. The minimum Gasteiger partial charge on any atom is -0.349 e. The Labute approximate surface area is 207 Å². The first-order valence-electron chi connectivity index (χ1n) is 11.5. The summed E-state index contributed by atoms with van der Waals surface area (Å²) in [5.41, 5.74) is 0.986. The lowest BCUT2D eigenvalue weighted by Gasteiger charge is -2.34. The Morgan fingerprint density at radius 3 is 2.57 bits per heavy atom. The second-order valence-electron chi connectivity index (χ2n) is 8.99. The molecule has 0 bridgehead atoms. The van der Waals surface area contributed by atoms with Gasteiger partial charge in [-0.15, -0.1) is 16.4 Å². The van der Waals surface area contributed by atoms with Gasteiger partial charge in [-0.2, -0.15) is 0 Å². The molecule has 0 aliphatic carbocycles. The lowest BCUT2D eigenvalue weighted by atomic mass is 9.98. The predicted molar refractivity (Wildman–Crippen MR) is 134 cm³/mol. The first-order valence-corrected chi connectivity index (χ1v) is 12.3. The molecule has 4 rings (SSSR count). The number of carbonyl (C=O) groups excluding carboxylic acids is 2. The molecule has 2 heterocycles. The van der Waals surface area contributed by atoms with Crippen molar-refractivity contribution in [2.45, 2.75) is 51.9 Å². The molecule has 0 spiro atoms. The van der Waals surface area contributed by atoms with Crippen LogP contribution in [-0.2, 0) is 22.7 Å². The molecule has 0 saturated heterocycles. The van der Waals surface area contributed by atoms with Crippen LogP contribution in [0.15, 0.2) is 66.0 Å². The number of aromatic nitrogens is 3. The van der Waals surface area contributed by atoms with E-state index in [9.17, 15) is 9.59 Å². The molecule has 4 aromatic rings. The Balaban J connectivity index is 1.76. The van der Waals surface area contributed by atoms with Crippen molar-refractivity contribution in [1.82, 2.24) is 25.2 Å². The van der Waals surface area contributed by atoms with Gasteiger partial charge in [0.25, 0.3) is 0 Å². The number of hydrogen-bond donors (Lipinski definition) is 1. The number of benzene rings is 2.